The average molecular weight is 284 g/mol. The normalized spacial score (nSPS) is 14.2. The van der Waals surface area contributed by atoms with Crippen molar-refractivity contribution in [3.8, 4) is 0 Å². The molecule has 0 fully saturated rings. The van der Waals surface area contributed by atoms with Gasteiger partial charge in [-0.05, 0) is 46.6 Å². The molecule has 4 nitrogen and oxygen atoms in total. The van der Waals surface area contributed by atoms with Crippen molar-refractivity contribution in [3.63, 3.8) is 0 Å². The summed E-state index contributed by atoms with van der Waals surface area (Å²) < 4.78 is 0. The fourth-order valence-electron chi connectivity index (χ4n) is 1.94. The molecule has 0 aromatic rings. The van der Waals surface area contributed by atoms with Gasteiger partial charge < -0.3 is 5.73 Å². The van der Waals surface area contributed by atoms with Gasteiger partial charge in [0.05, 0.1) is 11.6 Å². The van der Waals surface area contributed by atoms with Crippen LogP contribution in [0.1, 0.15) is 67.2 Å². The zero-order chi connectivity index (χ0) is 16.0. The SMILES string of the molecule is CCC(C)(C)C(=O)[C@H](CCCCN)NC(C)(C)C(C)=O. The van der Waals surface area contributed by atoms with Crippen LogP contribution in [0.25, 0.3) is 0 Å². The van der Waals surface area contributed by atoms with Gasteiger partial charge in [-0.25, -0.2) is 0 Å². The molecule has 4 heteroatoms. The predicted octanol–water partition coefficient (Wildman–Crippen LogP) is 2.45. The Labute approximate surface area is 123 Å². The molecule has 0 bridgehead atoms. The first-order valence-electron chi connectivity index (χ1n) is 7.61. The van der Waals surface area contributed by atoms with Crippen LogP contribution in [0, 0.1) is 5.41 Å². The van der Waals surface area contributed by atoms with E-state index >= 15 is 0 Å². The number of carbonyl (C=O) groups is 2. The van der Waals surface area contributed by atoms with Crippen molar-refractivity contribution < 1.29 is 9.59 Å². The lowest BCUT2D eigenvalue weighted by molar-refractivity contribution is -0.131. The molecular weight excluding hydrogens is 252 g/mol. The molecular formula is C16H32N2O2. The maximum atomic E-state index is 12.7. The second-order valence-corrected chi connectivity index (χ2v) is 6.76. The Morgan fingerprint density at radius 2 is 1.70 bits per heavy atom. The first-order valence-corrected chi connectivity index (χ1v) is 7.61. The highest BCUT2D eigenvalue weighted by atomic mass is 16.1. The van der Waals surface area contributed by atoms with Gasteiger partial charge >= 0.3 is 0 Å². The standard InChI is InChI=1S/C16H32N2O2/c1-7-15(3,4)14(20)13(10-8-9-11-17)18-16(5,6)12(2)19/h13,18H,7-11,17H2,1-6H3/t13-/m0/s1. The van der Waals surface area contributed by atoms with E-state index in [4.69, 9.17) is 5.73 Å². The van der Waals surface area contributed by atoms with Crippen molar-refractivity contribution >= 4 is 11.6 Å². The van der Waals surface area contributed by atoms with E-state index in [1.807, 2.05) is 34.6 Å². The van der Waals surface area contributed by atoms with Crippen LogP contribution in [0.2, 0.25) is 0 Å². The second kappa shape index (κ2) is 7.89. The maximum absolute atomic E-state index is 12.7. The minimum atomic E-state index is -0.674. The second-order valence-electron chi connectivity index (χ2n) is 6.76. The van der Waals surface area contributed by atoms with Gasteiger partial charge in [0.1, 0.15) is 5.78 Å². The Balaban J connectivity index is 4.99. The summed E-state index contributed by atoms with van der Waals surface area (Å²) in [6, 6.07) is -0.282. The van der Waals surface area contributed by atoms with Crippen LogP contribution in [0.4, 0.5) is 0 Å². The lowest BCUT2D eigenvalue weighted by atomic mass is 9.79. The number of hydrogen-bond donors (Lipinski definition) is 2. The zero-order valence-corrected chi connectivity index (χ0v) is 14.0. The van der Waals surface area contributed by atoms with Crippen molar-refractivity contribution in [2.75, 3.05) is 6.54 Å². The highest BCUT2D eigenvalue weighted by Crippen LogP contribution is 2.25. The molecule has 0 rings (SSSR count). The van der Waals surface area contributed by atoms with E-state index in [9.17, 15) is 9.59 Å². The van der Waals surface area contributed by atoms with Crippen LogP contribution in [-0.2, 0) is 9.59 Å². The Morgan fingerprint density at radius 3 is 2.10 bits per heavy atom. The van der Waals surface area contributed by atoms with E-state index in [1.54, 1.807) is 6.92 Å². The number of carbonyl (C=O) groups excluding carboxylic acids is 2. The summed E-state index contributed by atoms with van der Waals surface area (Å²) in [5, 5.41) is 3.25. The predicted molar refractivity (Wildman–Crippen MR) is 83.7 cm³/mol. The van der Waals surface area contributed by atoms with Crippen LogP contribution in [0.5, 0.6) is 0 Å². The lowest BCUT2D eigenvalue weighted by Crippen LogP contribution is -2.55. The summed E-state index contributed by atoms with van der Waals surface area (Å²) >= 11 is 0. The molecule has 3 N–H and O–H groups in total. The van der Waals surface area contributed by atoms with Crippen LogP contribution < -0.4 is 11.1 Å². The number of unbranched alkanes of at least 4 members (excludes halogenated alkanes) is 1. The molecule has 0 spiro atoms. The molecule has 0 amide bonds. The lowest BCUT2D eigenvalue weighted by Gasteiger charge is -2.33. The Hall–Kier alpha value is -0.740. The summed E-state index contributed by atoms with van der Waals surface area (Å²) in [5.41, 5.74) is 4.48. The van der Waals surface area contributed by atoms with E-state index in [2.05, 4.69) is 5.32 Å². The topological polar surface area (TPSA) is 72.2 Å². The van der Waals surface area contributed by atoms with E-state index in [1.165, 1.54) is 0 Å². The van der Waals surface area contributed by atoms with Gasteiger partial charge in [-0.3, -0.25) is 14.9 Å². The van der Waals surface area contributed by atoms with Gasteiger partial charge in [-0.15, -0.1) is 0 Å². The summed E-state index contributed by atoms with van der Waals surface area (Å²) in [7, 11) is 0. The van der Waals surface area contributed by atoms with Crippen LogP contribution in [0.3, 0.4) is 0 Å². The van der Waals surface area contributed by atoms with E-state index in [0.717, 1.165) is 25.7 Å². The van der Waals surface area contributed by atoms with E-state index in [-0.39, 0.29) is 23.0 Å². The van der Waals surface area contributed by atoms with Gasteiger partial charge in [0.25, 0.3) is 0 Å². The minimum absolute atomic E-state index is 0.0448. The van der Waals surface area contributed by atoms with Crippen molar-refractivity contribution in [1.29, 1.82) is 0 Å². The molecule has 0 aliphatic heterocycles. The Morgan fingerprint density at radius 1 is 1.15 bits per heavy atom. The molecule has 0 aliphatic carbocycles. The molecule has 20 heavy (non-hydrogen) atoms. The maximum Gasteiger partial charge on any atom is 0.155 e. The average Bonchev–Trinajstić information content (AvgIpc) is 2.36. The smallest absolute Gasteiger partial charge is 0.155 e. The fraction of sp³-hybridized carbons (Fsp3) is 0.875. The summed E-state index contributed by atoms with van der Waals surface area (Å²) in [4.78, 5) is 24.4. The molecule has 0 heterocycles. The molecule has 1 atom stereocenters. The molecule has 0 saturated carbocycles. The number of nitrogens with two attached hydrogens (primary N) is 1. The van der Waals surface area contributed by atoms with Gasteiger partial charge in [0, 0.05) is 5.41 Å². The molecule has 0 aliphatic rings. The molecule has 0 unspecified atom stereocenters. The fourth-order valence-corrected chi connectivity index (χ4v) is 1.94. The summed E-state index contributed by atoms with van der Waals surface area (Å²) in [6.45, 7) is 11.8. The van der Waals surface area contributed by atoms with Gasteiger partial charge in [-0.2, -0.15) is 0 Å². The molecule has 0 aromatic heterocycles. The zero-order valence-electron chi connectivity index (χ0n) is 14.0. The Kier molecular flexibility index (Phi) is 7.60. The minimum Gasteiger partial charge on any atom is -0.330 e. The van der Waals surface area contributed by atoms with Crippen molar-refractivity contribution in [1.82, 2.24) is 5.32 Å². The number of hydrogen-bond acceptors (Lipinski definition) is 4. The molecule has 118 valence electrons. The third kappa shape index (κ3) is 5.71. The van der Waals surface area contributed by atoms with Gasteiger partial charge in [-0.1, -0.05) is 27.2 Å². The van der Waals surface area contributed by atoms with Gasteiger partial charge in [0.2, 0.25) is 0 Å². The van der Waals surface area contributed by atoms with E-state index in [0.29, 0.717) is 6.54 Å². The van der Waals surface area contributed by atoms with Crippen LogP contribution in [0.15, 0.2) is 0 Å². The number of nitrogens with one attached hydrogen (secondary N) is 1. The number of rotatable bonds is 10. The molecule has 0 saturated heterocycles. The third-order valence-electron chi connectivity index (χ3n) is 4.23. The number of Topliss-reactive ketones (excluding diaryl/α,β-unsaturated/α-hetero) is 2. The molecule has 0 radical (unpaired) electrons. The summed E-state index contributed by atoms with van der Waals surface area (Å²) in [6.07, 6.45) is 3.32. The van der Waals surface area contributed by atoms with Crippen molar-refractivity contribution in [2.24, 2.45) is 11.1 Å². The van der Waals surface area contributed by atoms with Crippen molar-refractivity contribution in [2.45, 2.75) is 78.8 Å². The van der Waals surface area contributed by atoms with Crippen molar-refractivity contribution in [3.05, 3.63) is 0 Å². The monoisotopic (exact) mass is 284 g/mol. The number of ketones is 2. The highest BCUT2D eigenvalue weighted by Gasteiger charge is 2.36. The third-order valence-corrected chi connectivity index (χ3v) is 4.23. The van der Waals surface area contributed by atoms with Crippen LogP contribution >= 0.6 is 0 Å². The van der Waals surface area contributed by atoms with Gasteiger partial charge in [0.15, 0.2) is 5.78 Å². The Bertz CT molecular complexity index is 335. The summed E-state index contributed by atoms with van der Waals surface area (Å²) in [5.74, 6) is 0.231. The van der Waals surface area contributed by atoms with Crippen LogP contribution in [-0.4, -0.2) is 29.7 Å². The largest absolute Gasteiger partial charge is 0.330 e. The molecule has 0 aromatic carbocycles. The first-order chi connectivity index (χ1) is 9.08. The highest BCUT2D eigenvalue weighted by molar-refractivity contribution is 5.91. The quantitative estimate of drug-likeness (QED) is 0.604. The first kappa shape index (κ1) is 19.3. The van der Waals surface area contributed by atoms with E-state index < -0.39 is 5.54 Å².